The van der Waals surface area contributed by atoms with Gasteiger partial charge in [0, 0.05) is 38.1 Å². The number of hydrogen-bond acceptors (Lipinski definition) is 2. The Kier molecular flexibility index (Phi) is 5.75. The van der Waals surface area contributed by atoms with Crippen LogP contribution in [0.3, 0.4) is 0 Å². The van der Waals surface area contributed by atoms with Crippen molar-refractivity contribution in [3.05, 3.63) is 0 Å². The molecule has 2 heteroatoms. The van der Waals surface area contributed by atoms with Crippen molar-refractivity contribution in [2.75, 3.05) is 19.6 Å². The molecule has 0 aromatic carbocycles. The van der Waals surface area contributed by atoms with Gasteiger partial charge in [0.15, 0.2) is 0 Å². The highest BCUT2D eigenvalue weighted by Crippen LogP contribution is 2.13. The molecule has 1 fully saturated rings. The molecule has 0 saturated carbocycles. The Hall–Kier alpha value is -0.520. The van der Waals surface area contributed by atoms with Gasteiger partial charge in [-0.15, -0.1) is 12.3 Å². The predicted octanol–water partition coefficient (Wildman–Crippen LogP) is 1.86. The van der Waals surface area contributed by atoms with Gasteiger partial charge in [-0.05, 0) is 12.8 Å². The summed E-state index contributed by atoms with van der Waals surface area (Å²) in [5, 5.41) is 3.63. The Morgan fingerprint density at radius 2 is 2.27 bits per heavy atom. The maximum Gasteiger partial charge on any atom is 0.0219 e. The van der Waals surface area contributed by atoms with Crippen LogP contribution in [0.1, 0.15) is 39.5 Å². The van der Waals surface area contributed by atoms with E-state index in [1.165, 1.54) is 25.8 Å². The largest absolute Gasteiger partial charge is 0.311 e. The molecular formula is C13H24N2. The van der Waals surface area contributed by atoms with Crippen LogP contribution in [0, 0.1) is 12.3 Å². The van der Waals surface area contributed by atoms with Crippen LogP contribution in [0.4, 0.5) is 0 Å². The summed E-state index contributed by atoms with van der Waals surface area (Å²) < 4.78 is 0. The molecule has 15 heavy (non-hydrogen) atoms. The molecule has 1 saturated heterocycles. The topological polar surface area (TPSA) is 15.3 Å². The van der Waals surface area contributed by atoms with Crippen molar-refractivity contribution in [1.82, 2.24) is 10.2 Å². The zero-order valence-corrected chi connectivity index (χ0v) is 10.1. The minimum absolute atomic E-state index is 0.676. The van der Waals surface area contributed by atoms with Crippen LogP contribution < -0.4 is 5.32 Å². The van der Waals surface area contributed by atoms with Crippen LogP contribution in [0.25, 0.3) is 0 Å². The summed E-state index contributed by atoms with van der Waals surface area (Å²) in [4.78, 5) is 2.57. The second-order valence-electron chi connectivity index (χ2n) is 4.40. The third kappa shape index (κ3) is 3.85. The molecule has 1 aliphatic heterocycles. The summed E-state index contributed by atoms with van der Waals surface area (Å²) in [6, 6.07) is 1.36. The van der Waals surface area contributed by atoms with E-state index in [0.29, 0.717) is 12.1 Å². The van der Waals surface area contributed by atoms with Gasteiger partial charge < -0.3 is 5.32 Å². The highest BCUT2D eigenvalue weighted by molar-refractivity contribution is 4.90. The molecule has 2 nitrogen and oxygen atoms in total. The van der Waals surface area contributed by atoms with Crippen LogP contribution in [-0.2, 0) is 0 Å². The standard InChI is InChI=1S/C13H24N2/c1-4-7-9-15-11-12(8-5-2)14-10-13(15)6-3/h1,12-14H,5-11H2,2-3H3. The van der Waals surface area contributed by atoms with Gasteiger partial charge in [0.1, 0.15) is 0 Å². The van der Waals surface area contributed by atoms with Gasteiger partial charge in [0.05, 0.1) is 0 Å². The Labute approximate surface area is 94.4 Å². The molecule has 2 atom stereocenters. The molecule has 1 heterocycles. The molecule has 1 N–H and O–H groups in total. The lowest BCUT2D eigenvalue weighted by Gasteiger charge is -2.40. The summed E-state index contributed by atoms with van der Waals surface area (Å²) in [5.41, 5.74) is 0. The van der Waals surface area contributed by atoms with Crippen molar-refractivity contribution in [3.63, 3.8) is 0 Å². The second kappa shape index (κ2) is 6.87. The van der Waals surface area contributed by atoms with Gasteiger partial charge in [-0.1, -0.05) is 20.3 Å². The van der Waals surface area contributed by atoms with E-state index in [0.717, 1.165) is 19.5 Å². The van der Waals surface area contributed by atoms with Crippen molar-refractivity contribution in [2.24, 2.45) is 0 Å². The summed E-state index contributed by atoms with van der Waals surface area (Å²) in [7, 11) is 0. The van der Waals surface area contributed by atoms with Gasteiger partial charge in [-0.25, -0.2) is 0 Å². The maximum atomic E-state index is 5.33. The van der Waals surface area contributed by atoms with E-state index in [4.69, 9.17) is 6.42 Å². The summed E-state index contributed by atoms with van der Waals surface area (Å²) in [6.45, 7) is 7.88. The number of nitrogens with zero attached hydrogens (tertiary/aromatic N) is 1. The minimum atomic E-state index is 0.676. The Balaban J connectivity index is 2.42. The Morgan fingerprint density at radius 1 is 1.47 bits per heavy atom. The first kappa shape index (κ1) is 12.5. The van der Waals surface area contributed by atoms with E-state index in [9.17, 15) is 0 Å². The highest BCUT2D eigenvalue weighted by atomic mass is 15.2. The molecule has 0 amide bonds. The minimum Gasteiger partial charge on any atom is -0.311 e. The van der Waals surface area contributed by atoms with Crippen LogP contribution in [0.5, 0.6) is 0 Å². The van der Waals surface area contributed by atoms with E-state index in [1.54, 1.807) is 0 Å². The molecule has 2 unspecified atom stereocenters. The predicted molar refractivity (Wildman–Crippen MR) is 65.8 cm³/mol. The highest BCUT2D eigenvalue weighted by Gasteiger charge is 2.25. The molecule has 0 bridgehead atoms. The summed E-state index contributed by atoms with van der Waals surface area (Å²) >= 11 is 0. The molecular weight excluding hydrogens is 184 g/mol. The third-order valence-electron chi connectivity index (χ3n) is 3.27. The first-order valence-electron chi connectivity index (χ1n) is 6.22. The molecule has 86 valence electrons. The Morgan fingerprint density at radius 3 is 2.87 bits per heavy atom. The molecule has 1 rings (SSSR count). The Bertz CT molecular complexity index is 207. The van der Waals surface area contributed by atoms with Crippen molar-refractivity contribution in [1.29, 1.82) is 0 Å². The van der Waals surface area contributed by atoms with Crippen LogP contribution in [0.15, 0.2) is 0 Å². The fourth-order valence-corrected chi connectivity index (χ4v) is 2.35. The van der Waals surface area contributed by atoms with Crippen molar-refractivity contribution in [2.45, 2.75) is 51.6 Å². The van der Waals surface area contributed by atoms with E-state index >= 15 is 0 Å². The fourth-order valence-electron chi connectivity index (χ4n) is 2.35. The lowest BCUT2D eigenvalue weighted by molar-refractivity contribution is 0.126. The zero-order chi connectivity index (χ0) is 11.1. The number of piperazine rings is 1. The maximum absolute atomic E-state index is 5.33. The third-order valence-corrected chi connectivity index (χ3v) is 3.27. The van der Waals surface area contributed by atoms with E-state index < -0.39 is 0 Å². The SMILES string of the molecule is C#CCCN1CC(CCC)NCC1CC. The molecule has 1 aliphatic rings. The fraction of sp³-hybridized carbons (Fsp3) is 0.846. The van der Waals surface area contributed by atoms with Gasteiger partial charge in [0.25, 0.3) is 0 Å². The van der Waals surface area contributed by atoms with Crippen molar-refractivity contribution < 1.29 is 0 Å². The first-order valence-corrected chi connectivity index (χ1v) is 6.22. The molecule has 0 aromatic rings. The van der Waals surface area contributed by atoms with Crippen LogP contribution >= 0.6 is 0 Å². The second-order valence-corrected chi connectivity index (χ2v) is 4.40. The normalized spacial score (nSPS) is 27.5. The van der Waals surface area contributed by atoms with Crippen molar-refractivity contribution >= 4 is 0 Å². The molecule has 0 aliphatic carbocycles. The number of rotatable bonds is 5. The molecule has 0 aromatic heterocycles. The van der Waals surface area contributed by atoms with Crippen molar-refractivity contribution in [3.8, 4) is 12.3 Å². The van der Waals surface area contributed by atoms with E-state index in [-0.39, 0.29) is 0 Å². The summed E-state index contributed by atoms with van der Waals surface area (Å²) in [6.07, 6.45) is 9.98. The summed E-state index contributed by atoms with van der Waals surface area (Å²) in [5.74, 6) is 2.74. The van der Waals surface area contributed by atoms with Crippen LogP contribution in [0.2, 0.25) is 0 Å². The lowest BCUT2D eigenvalue weighted by atomic mass is 10.0. The molecule has 0 radical (unpaired) electrons. The molecule has 0 spiro atoms. The average Bonchev–Trinajstić information content (AvgIpc) is 2.27. The first-order chi connectivity index (χ1) is 7.31. The quantitative estimate of drug-likeness (QED) is 0.694. The smallest absolute Gasteiger partial charge is 0.0219 e. The average molecular weight is 208 g/mol. The lowest BCUT2D eigenvalue weighted by Crippen LogP contribution is -2.56. The van der Waals surface area contributed by atoms with Gasteiger partial charge in [-0.3, -0.25) is 4.90 Å². The van der Waals surface area contributed by atoms with Gasteiger partial charge >= 0.3 is 0 Å². The monoisotopic (exact) mass is 208 g/mol. The number of terminal acetylenes is 1. The van der Waals surface area contributed by atoms with E-state index in [2.05, 4.69) is 30.0 Å². The number of nitrogens with one attached hydrogen (secondary N) is 1. The van der Waals surface area contributed by atoms with Crippen LogP contribution in [-0.4, -0.2) is 36.6 Å². The van der Waals surface area contributed by atoms with Gasteiger partial charge in [-0.2, -0.15) is 0 Å². The zero-order valence-electron chi connectivity index (χ0n) is 10.1. The number of hydrogen-bond donors (Lipinski definition) is 1. The van der Waals surface area contributed by atoms with Gasteiger partial charge in [0.2, 0.25) is 0 Å². The van der Waals surface area contributed by atoms with E-state index in [1.807, 2.05) is 0 Å².